The molecule has 8 nitrogen and oxygen atoms in total. The summed E-state index contributed by atoms with van der Waals surface area (Å²) >= 11 is 6.31. The van der Waals surface area contributed by atoms with Crippen LogP contribution in [0.25, 0.3) is 11.3 Å². The highest BCUT2D eigenvalue weighted by molar-refractivity contribution is 6.32. The van der Waals surface area contributed by atoms with Gasteiger partial charge in [0.1, 0.15) is 5.69 Å². The number of H-pyrrole nitrogens is 1. The molecule has 4 rings (SSSR count). The fourth-order valence-electron chi connectivity index (χ4n) is 3.37. The van der Waals surface area contributed by atoms with E-state index in [9.17, 15) is 4.79 Å². The van der Waals surface area contributed by atoms with Crippen molar-refractivity contribution in [1.82, 2.24) is 25.3 Å². The zero-order valence-corrected chi connectivity index (χ0v) is 17.3. The van der Waals surface area contributed by atoms with E-state index in [1.807, 2.05) is 27.0 Å². The van der Waals surface area contributed by atoms with E-state index in [0.717, 1.165) is 28.9 Å². The summed E-state index contributed by atoms with van der Waals surface area (Å²) in [6.07, 6.45) is 0.801. The van der Waals surface area contributed by atoms with E-state index >= 15 is 0 Å². The second-order valence-electron chi connectivity index (χ2n) is 6.97. The molecular formula is C20H22ClN5O3. The Bertz CT molecular complexity index is 1070. The summed E-state index contributed by atoms with van der Waals surface area (Å²) < 4.78 is 13.1. The molecule has 0 saturated heterocycles. The summed E-state index contributed by atoms with van der Waals surface area (Å²) in [7, 11) is 1.88. The molecular weight excluding hydrogens is 394 g/mol. The highest BCUT2D eigenvalue weighted by Gasteiger charge is 2.18. The van der Waals surface area contributed by atoms with Crippen LogP contribution in [0.15, 0.2) is 18.2 Å². The fourth-order valence-corrected chi connectivity index (χ4v) is 3.66. The number of carbonyl (C=O) groups is 1. The second-order valence-corrected chi connectivity index (χ2v) is 7.38. The molecule has 9 heteroatoms. The van der Waals surface area contributed by atoms with Gasteiger partial charge in [-0.1, -0.05) is 11.6 Å². The van der Waals surface area contributed by atoms with Gasteiger partial charge in [-0.3, -0.25) is 14.6 Å². The van der Waals surface area contributed by atoms with Crippen LogP contribution < -0.4 is 14.8 Å². The Morgan fingerprint density at radius 3 is 2.83 bits per heavy atom. The molecule has 0 bridgehead atoms. The van der Waals surface area contributed by atoms with E-state index in [1.165, 1.54) is 0 Å². The molecule has 0 atom stereocenters. The number of halogens is 1. The van der Waals surface area contributed by atoms with Gasteiger partial charge in [0.15, 0.2) is 11.5 Å². The van der Waals surface area contributed by atoms with Crippen LogP contribution >= 0.6 is 11.6 Å². The SMILES string of the molecule is Cc1nn(C)c(C)c1-c1cc(C(=O)NCc2cc(Cl)c3c(c2)OCCCO3)[nH]n1. The Morgan fingerprint density at radius 1 is 1.28 bits per heavy atom. The number of nitrogens with zero attached hydrogens (tertiary/aromatic N) is 3. The molecule has 0 aliphatic carbocycles. The molecule has 1 amide bonds. The number of hydrogen-bond acceptors (Lipinski definition) is 5. The van der Waals surface area contributed by atoms with Crippen molar-refractivity contribution in [2.24, 2.45) is 7.05 Å². The summed E-state index contributed by atoms with van der Waals surface area (Å²) in [6, 6.07) is 5.34. The van der Waals surface area contributed by atoms with Crippen LogP contribution in [-0.4, -0.2) is 39.1 Å². The number of aromatic amines is 1. The molecule has 0 radical (unpaired) electrons. The Morgan fingerprint density at radius 2 is 2.07 bits per heavy atom. The lowest BCUT2D eigenvalue weighted by molar-refractivity contribution is 0.0946. The number of aromatic nitrogens is 4. The number of rotatable bonds is 4. The average molecular weight is 416 g/mol. The predicted octanol–water partition coefficient (Wildman–Crippen LogP) is 3.17. The summed E-state index contributed by atoms with van der Waals surface area (Å²) in [4.78, 5) is 12.6. The molecule has 2 aromatic heterocycles. The van der Waals surface area contributed by atoms with Gasteiger partial charge in [0.2, 0.25) is 0 Å². The summed E-state index contributed by atoms with van der Waals surface area (Å²) in [5.41, 5.74) is 4.68. The van der Waals surface area contributed by atoms with Crippen molar-refractivity contribution in [3.8, 4) is 22.8 Å². The minimum atomic E-state index is -0.258. The molecule has 0 fully saturated rings. The third kappa shape index (κ3) is 3.80. The van der Waals surface area contributed by atoms with Crippen molar-refractivity contribution in [3.63, 3.8) is 0 Å². The lowest BCUT2D eigenvalue weighted by atomic mass is 10.1. The first-order chi connectivity index (χ1) is 13.9. The number of hydrogen-bond donors (Lipinski definition) is 2. The maximum Gasteiger partial charge on any atom is 0.269 e. The molecule has 152 valence electrons. The van der Waals surface area contributed by atoms with Gasteiger partial charge in [-0.05, 0) is 37.6 Å². The van der Waals surface area contributed by atoms with Gasteiger partial charge in [0.25, 0.3) is 5.91 Å². The van der Waals surface area contributed by atoms with Crippen molar-refractivity contribution in [1.29, 1.82) is 0 Å². The van der Waals surface area contributed by atoms with Gasteiger partial charge in [-0.15, -0.1) is 0 Å². The van der Waals surface area contributed by atoms with Crippen LogP contribution in [0, 0.1) is 13.8 Å². The van der Waals surface area contributed by atoms with Crippen molar-refractivity contribution < 1.29 is 14.3 Å². The zero-order valence-electron chi connectivity index (χ0n) is 16.5. The van der Waals surface area contributed by atoms with Crippen LogP contribution in [0.4, 0.5) is 0 Å². The van der Waals surface area contributed by atoms with Crippen molar-refractivity contribution in [2.45, 2.75) is 26.8 Å². The normalized spacial score (nSPS) is 13.2. The fraction of sp³-hybridized carbons (Fsp3) is 0.350. The predicted molar refractivity (Wildman–Crippen MR) is 108 cm³/mol. The number of amides is 1. The maximum atomic E-state index is 12.6. The zero-order chi connectivity index (χ0) is 20.5. The van der Waals surface area contributed by atoms with Crippen molar-refractivity contribution >= 4 is 17.5 Å². The number of ether oxygens (including phenoxy) is 2. The van der Waals surface area contributed by atoms with Crippen LogP contribution in [0.5, 0.6) is 11.5 Å². The van der Waals surface area contributed by atoms with Gasteiger partial charge in [0, 0.05) is 31.3 Å². The first-order valence-corrected chi connectivity index (χ1v) is 9.74. The Balaban J connectivity index is 1.48. The standard InChI is InChI=1S/C20H22ClN5O3/c1-11-18(12(2)26(3)25-11)15-9-16(24-23-15)20(27)22-10-13-7-14(21)19-17(8-13)28-5-4-6-29-19/h7-9H,4-6,10H2,1-3H3,(H,22,27)(H,23,24). The van der Waals surface area contributed by atoms with E-state index in [0.29, 0.717) is 47.7 Å². The van der Waals surface area contributed by atoms with Gasteiger partial charge in [-0.2, -0.15) is 10.2 Å². The van der Waals surface area contributed by atoms with Crippen LogP contribution in [0.3, 0.4) is 0 Å². The highest BCUT2D eigenvalue weighted by Crippen LogP contribution is 2.38. The molecule has 2 N–H and O–H groups in total. The average Bonchev–Trinajstić information content (AvgIpc) is 3.15. The third-order valence-corrected chi connectivity index (χ3v) is 5.18. The van der Waals surface area contributed by atoms with Crippen molar-refractivity contribution in [2.75, 3.05) is 13.2 Å². The molecule has 29 heavy (non-hydrogen) atoms. The smallest absolute Gasteiger partial charge is 0.269 e. The number of aryl methyl sites for hydroxylation is 2. The number of carbonyl (C=O) groups excluding carboxylic acids is 1. The third-order valence-electron chi connectivity index (χ3n) is 4.90. The largest absolute Gasteiger partial charge is 0.489 e. The number of benzene rings is 1. The minimum Gasteiger partial charge on any atom is -0.489 e. The highest BCUT2D eigenvalue weighted by atomic mass is 35.5. The van der Waals surface area contributed by atoms with Gasteiger partial charge >= 0.3 is 0 Å². The van der Waals surface area contributed by atoms with E-state index in [-0.39, 0.29) is 5.91 Å². The van der Waals surface area contributed by atoms with E-state index in [4.69, 9.17) is 21.1 Å². The van der Waals surface area contributed by atoms with Gasteiger partial charge in [0.05, 0.1) is 29.6 Å². The Labute approximate surface area is 173 Å². The summed E-state index contributed by atoms with van der Waals surface area (Å²) in [5.74, 6) is 0.899. The van der Waals surface area contributed by atoms with E-state index in [2.05, 4.69) is 20.6 Å². The van der Waals surface area contributed by atoms with E-state index < -0.39 is 0 Å². The lowest BCUT2D eigenvalue weighted by Crippen LogP contribution is -2.23. The quantitative estimate of drug-likeness (QED) is 0.682. The second kappa shape index (κ2) is 7.79. The van der Waals surface area contributed by atoms with Gasteiger partial charge in [-0.25, -0.2) is 0 Å². The van der Waals surface area contributed by atoms with E-state index in [1.54, 1.807) is 16.8 Å². The molecule has 0 saturated carbocycles. The maximum absolute atomic E-state index is 12.6. The monoisotopic (exact) mass is 415 g/mol. The molecule has 1 aromatic carbocycles. The molecule has 3 heterocycles. The molecule has 3 aromatic rings. The molecule has 1 aliphatic rings. The summed E-state index contributed by atoms with van der Waals surface area (Å²) in [6.45, 7) is 5.33. The lowest BCUT2D eigenvalue weighted by Gasteiger charge is -2.12. The van der Waals surface area contributed by atoms with Crippen molar-refractivity contribution in [3.05, 3.63) is 45.9 Å². The Hall–Kier alpha value is -3.00. The first-order valence-electron chi connectivity index (χ1n) is 9.36. The minimum absolute atomic E-state index is 0.258. The Kier molecular flexibility index (Phi) is 5.19. The number of nitrogens with one attached hydrogen (secondary N) is 2. The molecule has 0 unspecified atom stereocenters. The topological polar surface area (TPSA) is 94.1 Å². The van der Waals surface area contributed by atoms with Crippen LogP contribution in [0.2, 0.25) is 5.02 Å². The van der Waals surface area contributed by atoms with Gasteiger partial charge < -0.3 is 14.8 Å². The number of fused-ring (bicyclic) bond motifs is 1. The first kappa shape index (κ1) is 19.3. The van der Waals surface area contributed by atoms with Crippen LogP contribution in [0.1, 0.15) is 33.9 Å². The molecule has 1 aliphatic heterocycles. The molecule has 0 spiro atoms. The van der Waals surface area contributed by atoms with Crippen LogP contribution in [-0.2, 0) is 13.6 Å². The summed E-state index contributed by atoms with van der Waals surface area (Å²) in [5, 5.41) is 14.8.